The molecule has 1 N–H and O–H groups in total. The Kier molecular flexibility index (Phi) is 2.53. The molecule has 1 aromatic carbocycles. The topological polar surface area (TPSA) is 12.0 Å². The summed E-state index contributed by atoms with van der Waals surface area (Å²) in [5.41, 5.74) is 2.81. The van der Waals surface area contributed by atoms with Gasteiger partial charge in [-0.25, -0.2) is 0 Å². The van der Waals surface area contributed by atoms with Crippen LogP contribution in [-0.2, 0) is 0 Å². The van der Waals surface area contributed by atoms with Gasteiger partial charge in [0.25, 0.3) is 0 Å². The lowest BCUT2D eigenvalue weighted by Crippen LogP contribution is -2.16. The summed E-state index contributed by atoms with van der Waals surface area (Å²) in [5.74, 6) is 0.731. The van der Waals surface area contributed by atoms with E-state index in [2.05, 4.69) is 36.5 Å². The molecule has 1 nitrogen and oxygen atoms in total. The van der Waals surface area contributed by atoms with Crippen LogP contribution in [0.4, 0.5) is 5.69 Å². The predicted octanol–water partition coefficient (Wildman–Crippen LogP) is 3.20. The number of hydrogen-bond acceptors (Lipinski definition) is 1. The third kappa shape index (κ3) is 1.69. The van der Waals surface area contributed by atoms with Gasteiger partial charge >= 0.3 is 0 Å². The molecule has 2 rings (SSSR count). The van der Waals surface area contributed by atoms with E-state index in [4.69, 9.17) is 0 Å². The summed E-state index contributed by atoms with van der Waals surface area (Å²) in [6.45, 7) is 5.05. The number of anilines is 1. The molecule has 0 amide bonds. The third-order valence-corrected chi connectivity index (χ3v) is 2.76. The van der Waals surface area contributed by atoms with Gasteiger partial charge in [0.2, 0.25) is 0 Å². The van der Waals surface area contributed by atoms with Gasteiger partial charge in [-0.3, -0.25) is 0 Å². The van der Waals surface area contributed by atoms with Crippen LogP contribution in [0, 0.1) is 6.92 Å². The molecule has 1 atom stereocenters. The van der Waals surface area contributed by atoms with Crippen LogP contribution in [0.25, 0.3) is 0 Å². The molecule has 1 aliphatic heterocycles. The molecule has 0 saturated heterocycles. The van der Waals surface area contributed by atoms with Crippen molar-refractivity contribution in [3.63, 3.8) is 0 Å². The second kappa shape index (κ2) is 3.82. The molecular weight excluding hydrogens is 158 g/mol. The van der Waals surface area contributed by atoms with Gasteiger partial charge < -0.3 is 5.32 Å². The lowest BCUT2D eigenvalue weighted by Gasteiger charge is -2.26. The highest BCUT2D eigenvalue weighted by Crippen LogP contribution is 2.33. The molecule has 1 heteroatoms. The molecule has 1 heterocycles. The summed E-state index contributed by atoms with van der Waals surface area (Å²) in [6.07, 6.45) is 3.52. The van der Waals surface area contributed by atoms with Crippen molar-refractivity contribution in [1.29, 1.82) is 0 Å². The number of nitrogens with one attached hydrogen (secondary N) is 1. The largest absolute Gasteiger partial charge is 0.385 e. The summed E-state index contributed by atoms with van der Waals surface area (Å²) in [7, 11) is 0. The Morgan fingerprint density at radius 2 is 2.23 bits per heavy atom. The first-order valence-electron chi connectivity index (χ1n) is 5.04. The maximum absolute atomic E-state index is 3.93. The van der Waals surface area contributed by atoms with Crippen molar-refractivity contribution in [2.75, 3.05) is 11.9 Å². The van der Waals surface area contributed by atoms with Gasteiger partial charge in [-0.15, -0.1) is 0 Å². The zero-order valence-electron chi connectivity index (χ0n) is 7.92. The minimum absolute atomic E-state index is 0.731. The molecule has 1 aromatic rings. The SMILES string of the molecule is [CH2]CCC1CCNc2ccccc21. The molecule has 0 aliphatic carbocycles. The first-order chi connectivity index (χ1) is 6.42. The van der Waals surface area contributed by atoms with Crippen LogP contribution in [-0.4, -0.2) is 6.54 Å². The van der Waals surface area contributed by atoms with E-state index in [1.807, 2.05) is 0 Å². The Morgan fingerprint density at radius 3 is 3.08 bits per heavy atom. The van der Waals surface area contributed by atoms with Crippen molar-refractivity contribution in [2.24, 2.45) is 0 Å². The normalized spacial score (nSPS) is 20.5. The lowest BCUT2D eigenvalue weighted by atomic mass is 9.88. The van der Waals surface area contributed by atoms with E-state index in [-0.39, 0.29) is 0 Å². The van der Waals surface area contributed by atoms with Crippen LogP contribution >= 0.6 is 0 Å². The highest BCUT2D eigenvalue weighted by Gasteiger charge is 2.17. The van der Waals surface area contributed by atoms with Gasteiger partial charge in [-0.1, -0.05) is 31.5 Å². The van der Waals surface area contributed by atoms with Crippen molar-refractivity contribution in [1.82, 2.24) is 0 Å². The summed E-state index contributed by atoms with van der Waals surface area (Å²) in [5, 5.41) is 3.43. The fourth-order valence-corrected chi connectivity index (χ4v) is 2.10. The quantitative estimate of drug-likeness (QED) is 0.726. The predicted molar refractivity (Wildman–Crippen MR) is 56.9 cm³/mol. The van der Waals surface area contributed by atoms with Gasteiger partial charge in [-0.2, -0.15) is 0 Å². The molecule has 1 aliphatic rings. The molecule has 0 spiro atoms. The van der Waals surface area contributed by atoms with Crippen molar-refractivity contribution in [2.45, 2.75) is 25.2 Å². The van der Waals surface area contributed by atoms with Crippen LogP contribution in [0.2, 0.25) is 0 Å². The van der Waals surface area contributed by atoms with Gasteiger partial charge in [0.05, 0.1) is 0 Å². The van der Waals surface area contributed by atoms with Crippen molar-refractivity contribution >= 4 is 5.69 Å². The van der Waals surface area contributed by atoms with Crippen LogP contribution in [0.3, 0.4) is 0 Å². The molecule has 0 fully saturated rings. The molecule has 1 radical (unpaired) electrons. The smallest absolute Gasteiger partial charge is 0.0375 e. The summed E-state index contributed by atoms with van der Waals surface area (Å²) in [6, 6.07) is 8.63. The first-order valence-corrected chi connectivity index (χ1v) is 5.04. The van der Waals surface area contributed by atoms with Crippen LogP contribution < -0.4 is 5.32 Å². The van der Waals surface area contributed by atoms with Crippen molar-refractivity contribution < 1.29 is 0 Å². The van der Waals surface area contributed by atoms with E-state index >= 15 is 0 Å². The van der Waals surface area contributed by atoms with Gasteiger partial charge in [0, 0.05) is 12.2 Å². The molecule has 69 valence electrons. The average molecular weight is 174 g/mol. The van der Waals surface area contributed by atoms with Gasteiger partial charge in [0.15, 0.2) is 0 Å². The van der Waals surface area contributed by atoms with E-state index in [0.717, 1.165) is 18.9 Å². The van der Waals surface area contributed by atoms with E-state index in [1.165, 1.54) is 24.1 Å². The summed E-state index contributed by atoms with van der Waals surface area (Å²) in [4.78, 5) is 0. The minimum Gasteiger partial charge on any atom is -0.385 e. The van der Waals surface area contributed by atoms with Crippen LogP contribution in [0.1, 0.15) is 30.7 Å². The maximum Gasteiger partial charge on any atom is 0.0375 e. The number of rotatable bonds is 2. The van der Waals surface area contributed by atoms with Crippen molar-refractivity contribution in [3.05, 3.63) is 36.8 Å². The Morgan fingerprint density at radius 1 is 1.38 bits per heavy atom. The average Bonchev–Trinajstić information content (AvgIpc) is 2.19. The summed E-state index contributed by atoms with van der Waals surface area (Å²) < 4.78 is 0. The second-order valence-corrected chi connectivity index (χ2v) is 3.64. The highest BCUT2D eigenvalue weighted by molar-refractivity contribution is 5.54. The Balaban J connectivity index is 2.26. The van der Waals surface area contributed by atoms with Gasteiger partial charge in [0.1, 0.15) is 0 Å². The maximum atomic E-state index is 3.93. The van der Waals surface area contributed by atoms with Crippen LogP contribution in [0.5, 0.6) is 0 Å². The molecule has 0 saturated carbocycles. The molecule has 0 bridgehead atoms. The van der Waals surface area contributed by atoms with Crippen LogP contribution in [0.15, 0.2) is 24.3 Å². The Hall–Kier alpha value is -0.980. The number of benzene rings is 1. The first kappa shape index (κ1) is 8.61. The lowest BCUT2D eigenvalue weighted by molar-refractivity contribution is 0.584. The van der Waals surface area contributed by atoms with Crippen molar-refractivity contribution in [3.8, 4) is 0 Å². The summed E-state index contributed by atoms with van der Waals surface area (Å²) >= 11 is 0. The minimum atomic E-state index is 0.731. The van der Waals surface area contributed by atoms with E-state index in [9.17, 15) is 0 Å². The molecule has 13 heavy (non-hydrogen) atoms. The fraction of sp³-hybridized carbons (Fsp3) is 0.417. The Bertz CT molecular complexity index is 280. The van der Waals surface area contributed by atoms with E-state index in [0.29, 0.717) is 0 Å². The Labute approximate surface area is 80.2 Å². The molecular formula is C12H16N. The zero-order chi connectivity index (χ0) is 9.10. The number of para-hydroxylation sites is 1. The van der Waals surface area contributed by atoms with Gasteiger partial charge in [-0.05, 0) is 30.4 Å². The monoisotopic (exact) mass is 174 g/mol. The van der Waals surface area contributed by atoms with E-state index in [1.54, 1.807) is 0 Å². The standard InChI is InChI=1S/C12H16N/c1-2-5-10-8-9-13-12-7-4-3-6-11(10)12/h3-4,6-7,10,13H,1-2,5,8-9H2. The zero-order valence-corrected chi connectivity index (χ0v) is 7.92. The number of fused-ring (bicyclic) bond motifs is 1. The highest BCUT2D eigenvalue weighted by atomic mass is 14.9. The molecule has 0 aromatic heterocycles. The second-order valence-electron chi connectivity index (χ2n) is 3.64. The van der Waals surface area contributed by atoms with E-state index < -0.39 is 0 Å². The fourth-order valence-electron chi connectivity index (χ4n) is 2.10. The third-order valence-electron chi connectivity index (χ3n) is 2.76. The number of hydrogen-bond donors (Lipinski definition) is 1. The molecule has 1 unspecified atom stereocenters.